The topological polar surface area (TPSA) is 137 Å². The number of carboxylic acid groups (broad SMARTS) is 1. The summed E-state index contributed by atoms with van der Waals surface area (Å²) in [5, 5.41) is 10.1. The van der Waals surface area contributed by atoms with Crippen molar-refractivity contribution in [1.29, 1.82) is 0 Å². The molecule has 1 fully saturated rings. The normalized spacial score (nSPS) is 13.8. The molecule has 1 saturated heterocycles. The lowest BCUT2D eigenvalue weighted by molar-refractivity contribution is -0.122. The zero-order valence-electron chi connectivity index (χ0n) is 24.2. The second kappa shape index (κ2) is 15.1. The fraction of sp³-hybridized carbons (Fsp3) is 0.258. The van der Waals surface area contributed by atoms with E-state index in [0.717, 1.165) is 61.0 Å². The van der Waals surface area contributed by atoms with Crippen molar-refractivity contribution >= 4 is 33.7 Å². The van der Waals surface area contributed by atoms with Gasteiger partial charge in [0.25, 0.3) is 16.5 Å². The summed E-state index contributed by atoms with van der Waals surface area (Å²) in [5.74, 6) is 1.47. The maximum Gasteiger partial charge on any atom is 0.290 e. The number of aromatic nitrogens is 2. The Hall–Kier alpha value is -4.52. The monoisotopic (exact) mass is 604 g/mol. The molecule has 1 aliphatic rings. The van der Waals surface area contributed by atoms with E-state index in [1.165, 1.54) is 6.33 Å². The molecule has 5 rings (SSSR count). The van der Waals surface area contributed by atoms with E-state index in [4.69, 9.17) is 14.6 Å². The highest BCUT2D eigenvalue weighted by Gasteiger charge is 2.15. The van der Waals surface area contributed by atoms with Crippen LogP contribution in [0.5, 0.6) is 5.75 Å². The van der Waals surface area contributed by atoms with Gasteiger partial charge in [0, 0.05) is 55.7 Å². The van der Waals surface area contributed by atoms with E-state index in [-0.39, 0.29) is 11.4 Å². The minimum Gasteiger partial charge on any atom is -0.492 e. The lowest BCUT2D eigenvalue weighted by atomic mass is 10.1. The first-order chi connectivity index (χ1) is 20.8. The Balaban J connectivity index is 0.00000135. The molecule has 4 aromatic rings. The molecule has 12 heteroatoms. The number of anilines is 3. The fourth-order valence-corrected chi connectivity index (χ4v) is 5.43. The molecule has 0 amide bonds. The lowest BCUT2D eigenvalue weighted by Crippen LogP contribution is -2.45. The van der Waals surface area contributed by atoms with Gasteiger partial charge < -0.3 is 20.1 Å². The van der Waals surface area contributed by atoms with Gasteiger partial charge in [-0.3, -0.25) is 14.4 Å². The summed E-state index contributed by atoms with van der Waals surface area (Å²) in [6.45, 7) is 7.63. The molecule has 0 bridgehead atoms. The smallest absolute Gasteiger partial charge is 0.290 e. The summed E-state index contributed by atoms with van der Waals surface area (Å²) in [7, 11) is -1.50. The first-order valence-corrected chi connectivity index (χ1v) is 15.2. The van der Waals surface area contributed by atoms with E-state index in [9.17, 15) is 8.42 Å². The number of likely N-dealkylation sites (N-methyl/N-ethyl adjacent to an activating group) is 1. The molecule has 3 N–H and O–H groups in total. The van der Waals surface area contributed by atoms with E-state index >= 15 is 0 Å². The van der Waals surface area contributed by atoms with Crippen LogP contribution in [0.3, 0.4) is 0 Å². The number of benzene rings is 3. The van der Waals surface area contributed by atoms with Crippen LogP contribution in [0.2, 0.25) is 0 Å². The molecule has 0 unspecified atom stereocenters. The van der Waals surface area contributed by atoms with Gasteiger partial charge in [0.05, 0.1) is 10.6 Å². The third-order valence-corrected chi connectivity index (χ3v) is 8.23. The highest BCUT2D eigenvalue weighted by Crippen LogP contribution is 2.25. The van der Waals surface area contributed by atoms with Crippen LogP contribution in [-0.4, -0.2) is 86.1 Å². The first-order valence-electron chi connectivity index (χ1n) is 13.8. The molecule has 2 heterocycles. The highest BCUT2D eigenvalue weighted by atomic mass is 32.2. The van der Waals surface area contributed by atoms with Gasteiger partial charge in [-0.2, -0.15) is 0 Å². The Bertz CT molecular complexity index is 1560. The van der Waals surface area contributed by atoms with Gasteiger partial charge in [-0.25, -0.2) is 18.4 Å². The lowest BCUT2D eigenvalue weighted by Gasteiger charge is -2.32. The summed E-state index contributed by atoms with van der Waals surface area (Å²) in [6.07, 6.45) is 1.52. The summed E-state index contributed by atoms with van der Waals surface area (Å²) in [4.78, 5) is 22.1. The van der Waals surface area contributed by atoms with Crippen LogP contribution in [0.25, 0.3) is 11.3 Å². The number of sulfonamides is 1. The molecular formula is C31H36N6O5S. The van der Waals surface area contributed by atoms with E-state index in [2.05, 4.69) is 36.9 Å². The standard InChI is InChI=1S/C30H34N6O3S.CH2O2/c1-23-3-13-28(14-4-23)40(37,38)34-26-9-7-25(8-10-26)33-30-21-29(31-22-32-30)24-5-11-27(12-6-24)39-20-19-36-17-15-35(2)16-18-36;2-1-3/h3-14,21-22,34H,15-20H2,1-2H3,(H,31,32,33);1H,(H,2,3). The van der Waals surface area contributed by atoms with Crippen LogP contribution in [-0.2, 0) is 14.8 Å². The van der Waals surface area contributed by atoms with Crippen LogP contribution in [0.1, 0.15) is 5.56 Å². The minimum absolute atomic E-state index is 0.221. The van der Waals surface area contributed by atoms with Crippen LogP contribution in [0.4, 0.5) is 17.2 Å². The average Bonchev–Trinajstić information content (AvgIpc) is 3.00. The number of hydrogen-bond acceptors (Lipinski definition) is 9. The molecule has 0 radical (unpaired) electrons. The van der Waals surface area contributed by atoms with Crippen molar-refractivity contribution in [3.63, 3.8) is 0 Å². The van der Waals surface area contributed by atoms with Crippen molar-refractivity contribution in [2.45, 2.75) is 11.8 Å². The van der Waals surface area contributed by atoms with Gasteiger partial charge in [0.1, 0.15) is 24.5 Å². The molecule has 226 valence electrons. The number of nitrogens with one attached hydrogen (secondary N) is 2. The number of carbonyl (C=O) groups is 1. The molecule has 3 aromatic carbocycles. The van der Waals surface area contributed by atoms with Gasteiger partial charge in [0.15, 0.2) is 0 Å². The van der Waals surface area contributed by atoms with E-state index in [1.807, 2.05) is 37.3 Å². The minimum atomic E-state index is -3.66. The largest absolute Gasteiger partial charge is 0.492 e. The number of ether oxygens (including phenoxy) is 1. The van der Waals surface area contributed by atoms with Gasteiger partial charge >= 0.3 is 0 Å². The third-order valence-electron chi connectivity index (χ3n) is 6.83. The van der Waals surface area contributed by atoms with Gasteiger partial charge in [-0.15, -0.1) is 0 Å². The Morgan fingerprint density at radius 1 is 0.907 bits per heavy atom. The van der Waals surface area contributed by atoms with Crippen molar-refractivity contribution in [3.8, 4) is 17.0 Å². The van der Waals surface area contributed by atoms with Crippen LogP contribution >= 0.6 is 0 Å². The summed E-state index contributed by atoms with van der Waals surface area (Å²) < 4.78 is 33.9. The molecule has 0 saturated carbocycles. The second-order valence-electron chi connectivity index (χ2n) is 10.0. The zero-order chi connectivity index (χ0) is 30.7. The summed E-state index contributed by atoms with van der Waals surface area (Å²) >= 11 is 0. The molecule has 1 aliphatic heterocycles. The van der Waals surface area contributed by atoms with Crippen LogP contribution in [0, 0.1) is 6.92 Å². The average molecular weight is 605 g/mol. The Morgan fingerprint density at radius 2 is 1.53 bits per heavy atom. The zero-order valence-corrected chi connectivity index (χ0v) is 25.0. The summed E-state index contributed by atoms with van der Waals surface area (Å²) in [6, 6.07) is 23.5. The van der Waals surface area contributed by atoms with Crippen molar-refractivity contribution in [1.82, 2.24) is 19.8 Å². The van der Waals surface area contributed by atoms with Crippen molar-refractivity contribution in [2.75, 3.05) is 56.4 Å². The molecule has 0 atom stereocenters. The number of piperazine rings is 1. The van der Waals surface area contributed by atoms with Gasteiger partial charge in [-0.1, -0.05) is 17.7 Å². The van der Waals surface area contributed by atoms with E-state index in [1.54, 1.807) is 48.5 Å². The molecule has 0 aliphatic carbocycles. The number of rotatable bonds is 10. The second-order valence-corrected chi connectivity index (χ2v) is 11.7. The van der Waals surface area contributed by atoms with Crippen LogP contribution in [0.15, 0.2) is 90.1 Å². The molecule has 1 aromatic heterocycles. The van der Waals surface area contributed by atoms with Crippen molar-refractivity contribution in [3.05, 3.63) is 90.8 Å². The van der Waals surface area contributed by atoms with E-state index in [0.29, 0.717) is 18.1 Å². The SMILES string of the molecule is Cc1ccc(S(=O)(=O)Nc2ccc(Nc3cc(-c4ccc(OCCN5CCN(C)CC5)cc4)ncn3)cc2)cc1.O=CO. The Labute approximate surface area is 252 Å². The quantitative estimate of drug-likeness (QED) is 0.225. The van der Waals surface area contributed by atoms with Gasteiger partial charge in [0.2, 0.25) is 0 Å². The van der Waals surface area contributed by atoms with E-state index < -0.39 is 10.0 Å². The molecule has 43 heavy (non-hydrogen) atoms. The maximum absolute atomic E-state index is 12.7. The van der Waals surface area contributed by atoms with Crippen molar-refractivity contribution < 1.29 is 23.1 Å². The molecule has 0 spiro atoms. The fourth-order valence-electron chi connectivity index (χ4n) is 4.37. The Kier molecular flexibility index (Phi) is 11.0. The Morgan fingerprint density at radius 3 is 2.19 bits per heavy atom. The molecular weight excluding hydrogens is 568 g/mol. The van der Waals surface area contributed by atoms with Crippen LogP contribution < -0.4 is 14.8 Å². The summed E-state index contributed by atoms with van der Waals surface area (Å²) in [5.41, 5.74) is 3.98. The van der Waals surface area contributed by atoms with Crippen molar-refractivity contribution in [2.24, 2.45) is 0 Å². The first kappa shape index (κ1) is 31.4. The third kappa shape index (κ3) is 9.50. The maximum atomic E-state index is 12.7. The predicted octanol–water partition coefficient (Wildman–Crippen LogP) is 4.32. The number of aryl methyl sites for hydroxylation is 1. The molecule has 11 nitrogen and oxygen atoms in total. The van der Waals surface area contributed by atoms with Gasteiger partial charge in [-0.05, 0) is 74.6 Å². The predicted molar refractivity (Wildman–Crippen MR) is 167 cm³/mol. The number of nitrogens with zero attached hydrogens (tertiary/aromatic N) is 4. The number of hydrogen-bond donors (Lipinski definition) is 3. The highest BCUT2D eigenvalue weighted by molar-refractivity contribution is 7.92.